The number of hydrogen-bond donors (Lipinski definition) is 1. The lowest BCUT2D eigenvalue weighted by molar-refractivity contribution is -0.112. The molecule has 138 valence electrons. The lowest BCUT2D eigenvalue weighted by atomic mass is 10.1. The Morgan fingerprint density at radius 3 is 2.67 bits per heavy atom. The molecular formula is C22H23N3O2. The minimum Gasteiger partial charge on any atom is -0.497 e. The maximum atomic E-state index is 12.5. The normalized spacial score (nSPS) is 14.0. The SMILES string of the molecule is COc1cccc(NC(=O)/C(C#N)=C/c2ccc(N3CCCC3)c(C)c2)c1. The van der Waals surface area contributed by atoms with Gasteiger partial charge in [-0.1, -0.05) is 12.1 Å². The van der Waals surface area contributed by atoms with Gasteiger partial charge < -0.3 is 15.0 Å². The molecule has 3 rings (SSSR count). The lowest BCUT2D eigenvalue weighted by Crippen LogP contribution is -2.18. The van der Waals surface area contributed by atoms with E-state index in [0.717, 1.165) is 24.2 Å². The zero-order valence-electron chi connectivity index (χ0n) is 15.7. The van der Waals surface area contributed by atoms with E-state index in [1.165, 1.54) is 18.5 Å². The summed E-state index contributed by atoms with van der Waals surface area (Å²) in [6.45, 7) is 4.23. The van der Waals surface area contributed by atoms with Crippen LogP contribution in [0, 0.1) is 18.3 Å². The molecule has 5 heteroatoms. The Morgan fingerprint density at radius 2 is 2.00 bits per heavy atom. The monoisotopic (exact) mass is 361 g/mol. The fraction of sp³-hybridized carbons (Fsp3) is 0.273. The Bertz CT molecular complexity index is 906. The highest BCUT2D eigenvalue weighted by Crippen LogP contribution is 2.26. The number of aryl methyl sites for hydroxylation is 1. The first-order chi connectivity index (χ1) is 13.1. The van der Waals surface area contributed by atoms with E-state index in [9.17, 15) is 10.1 Å². The minimum absolute atomic E-state index is 0.0612. The fourth-order valence-electron chi connectivity index (χ4n) is 3.30. The molecule has 1 saturated heterocycles. The van der Waals surface area contributed by atoms with Crippen molar-refractivity contribution >= 4 is 23.4 Å². The van der Waals surface area contributed by atoms with Crippen LogP contribution < -0.4 is 15.0 Å². The van der Waals surface area contributed by atoms with Crippen LogP contribution in [0.5, 0.6) is 5.75 Å². The van der Waals surface area contributed by atoms with Crippen molar-refractivity contribution in [3.05, 3.63) is 59.2 Å². The summed E-state index contributed by atoms with van der Waals surface area (Å²) in [6, 6.07) is 15.1. The van der Waals surface area contributed by atoms with Crippen molar-refractivity contribution in [1.82, 2.24) is 0 Å². The molecule has 0 bridgehead atoms. The number of carbonyl (C=O) groups excluding carboxylic acids is 1. The molecule has 0 spiro atoms. The topological polar surface area (TPSA) is 65.4 Å². The molecule has 2 aromatic rings. The Morgan fingerprint density at radius 1 is 1.22 bits per heavy atom. The van der Waals surface area contributed by atoms with Crippen molar-refractivity contribution in [3.63, 3.8) is 0 Å². The van der Waals surface area contributed by atoms with Crippen molar-refractivity contribution in [2.24, 2.45) is 0 Å². The van der Waals surface area contributed by atoms with Crippen LogP contribution in [0.2, 0.25) is 0 Å². The average molecular weight is 361 g/mol. The molecule has 1 aliphatic rings. The highest BCUT2D eigenvalue weighted by Gasteiger charge is 2.15. The molecule has 1 fully saturated rings. The van der Waals surface area contributed by atoms with Crippen molar-refractivity contribution in [1.29, 1.82) is 5.26 Å². The van der Waals surface area contributed by atoms with Crippen LogP contribution in [0.1, 0.15) is 24.0 Å². The molecular weight excluding hydrogens is 338 g/mol. The maximum absolute atomic E-state index is 12.5. The van der Waals surface area contributed by atoms with Gasteiger partial charge in [-0.05, 0) is 61.2 Å². The molecule has 0 radical (unpaired) electrons. The number of hydrogen-bond acceptors (Lipinski definition) is 4. The molecule has 2 aromatic carbocycles. The summed E-state index contributed by atoms with van der Waals surface area (Å²) < 4.78 is 5.15. The predicted molar refractivity (Wildman–Crippen MR) is 108 cm³/mol. The van der Waals surface area contributed by atoms with Crippen molar-refractivity contribution in [2.45, 2.75) is 19.8 Å². The van der Waals surface area contributed by atoms with E-state index < -0.39 is 5.91 Å². The first-order valence-electron chi connectivity index (χ1n) is 9.03. The van der Waals surface area contributed by atoms with Gasteiger partial charge in [0.25, 0.3) is 5.91 Å². The van der Waals surface area contributed by atoms with Crippen molar-refractivity contribution in [3.8, 4) is 11.8 Å². The van der Waals surface area contributed by atoms with Gasteiger partial charge in [0.05, 0.1) is 7.11 Å². The summed E-state index contributed by atoms with van der Waals surface area (Å²) in [4.78, 5) is 14.8. The molecule has 1 amide bonds. The van der Waals surface area contributed by atoms with Gasteiger partial charge in [-0.15, -0.1) is 0 Å². The van der Waals surface area contributed by atoms with E-state index in [1.54, 1.807) is 37.5 Å². The van der Waals surface area contributed by atoms with Gasteiger partial charge in [-0.3, -0.25) is 4.79 Å². The van der Waals surface area contributed by atoms with Crippen LogP contribution in [0.4, 0.5) is 11.4 Å². The molecule has 1 N–H and O–H groups in total. The molecule has 0 aliphatic carbocycles. The molecule has 1 heterocycles. The van der Waals surface area contributed by atoms with E-state index in [-0.39, 0.29) is 5.57 Å². The minimum atomic E-state index is -0.438. The Balaban J connectivity index is 1.78. The third kappa shape index (κ3) is 4.48. The number of benzene rings is 2. The summed E-state index contributed by atoms with van der Waals surface area (Å²) in [5, 5.41) is 12.2. The van der Waals surface area contributed by atoms with E-state index in [4.69, 9.17) is 4.74 Å². The molecule has 0 unspecified atom stereocenters. The van der Waals surface area contributed by atoms with Crippen molar-refractivity contribution in [2.75, 3.05) is 30.4 Å². The average Bonchev–Trinajstić information content (AvgIpc) is 3.20. The summed E-state index contributed by atoms with van der Waals surface area (Å²) in [6.07, 6.45) is 4.07. The Kier molecular flexibility index (Phi) is 5.77. The second-order valence-electron chi connectivity index (χ2n) is 6.60. The molecule has 0 atom stereocenters. The third-order valence-electron chi connectivity index (χ3n) is 4.67. The molecule has 27 heavy (non-hydrogen) atoms. The molecule has 0 aromatic heterocycles. The van der Waals surface area contributed by atoms with Crippen molar-refractivity contribution < 1.29 is 9.53 Å². The van der Waals surface area contributed by atoms with Crippen LogP contribution >= 0.6 is 0 Å². The standard InChI is InChI=1S/C22H23N3O2/c1-16-12-17(8-9-21(16)25-10-3-4-11-25)13-18(15-23)22(26)24-19-6-5-7-20(14-19)27-2/h5-9,12-14H,3-4,10-11H2,1-2H3,(H,24,26)/b18-13+. The van der Waals surface area contributed by atoms with E-state index >= 15 is 0 Å². The number of nitrogens with one attached hydrogen (secondary N) is 1. The lowest BCUT2D eigenvalue weighted by Gasteiger charge is -2.20. The first kappa shape index (κ1) is 18.5. The van der Waals surface area contributed by atoms with Gasteiger partial charge >= 0.3 is 0 Å². The summed E-state index contributed by atoms with van der Waals surface area (Å²) in [7, 11) is 1.57. The number of anilines is 2. The van der Waals surface area contributed by atoms with Gasteiger partial charge in [0.2, 0.25) is 0 Å². The number of carbonyl (C=O) groups is 1. The third-order valence-corrected chi connectivity index (χ3v) is 4.67. The summed E-state index contributed by atoms with van der Waals surface area (Å²) in [5.74, 6) is 0.204. The second-order valence-corrected chi connectivity index (χ2v) is 6.60. The smallest absolute Gasteiger partial charge is 0.266 e. The number of amides is 1. The summed E-state index contributed by atoms with van der Waals surface area (Å²) >= 11 is 0. The molecule has 1 aliphatic heterocycles. The number of rotatable bonds is 5. The Hall–Kier alpha value is -3.26. The zero-order chi connectivity index (χ0) is 19.2. The molecule has 0 saturated carbocycles. The number of ether oxygens (including phenoxy) is 1. The van der Waals surface area contributed by atoms with E-state index in [1.807, 2.05) is 18.2 Å². The highest BCUT2D eigenvalue weighted by molar-refractivity contribution is 6.09. The van der Waals surface area contributed by atoms with Crippen LogP contribution in [-0.2, 0) is 4.79 Å². The van der Waals surface area contributed by atoms with Gasteiger partial charge in [-0.25, -0.2) is 0 Å². The highest BCUT2D eigenvalue weighted by atomic mass is 16.5. The van der Waals surface area contributed by atoms with Crippen LogP contribution in [0.25, 0.3) is 6.08 Å². The predicted octanol–water partition coefficient (Wildman–Crippen LogP) is 4.15. The van der Waals surface area contributed by atoms with Crippen LogP contribution in [0.15, 0.2) is 48.0 Å². The van der Waals surface area contributed by atoms with Gasteiger partial charge in [-0.2, -0.15) is 5.26 Å². The second kappa shape index (κ2) is 8.41. The van der Waals surface area contributed by atoms with Crippen LogP contribution in [0.3, 0.4) is 0 Å². The zero-order valence-corrected chi connectivity index (χ0v) is 15.7. The quantitative estimate of drug-likeness (QED) is 0.642. The number of nitriles is 1. The first-order valence-corrected chi connectivity index (χ1v) is 9.03. The maximum Gasteiger partial charge on any atom is 0.266 e. The Labute approximate surface area is 159 Å². The largest absolute Gasteiger partial charge is 0.497 e. The number of methoxy groups -OCH3 is 1. The van der Waals surface area contributed by atoms with Crippen LogP contribution in [-0.4, -0.2) is 26.1 Å². The van der Waals surface area contributed by atoms with Gasteiger partial charge in [0.15, 0.2) is 0 Å². The van der Waals surface area contributed by atoms with E-state index in [2.05, 4.69) is 23.2 Å². The van der Waals surface area contributed by atoms with Gasteiger partial charge in [0.1, 0.15) is 17.4 Å². The summed E-state index contributed by atoms with van der Waals surface area (Å²) in [5.41, 5.74) is 3.86. The van der Waals surface area contributed by atoms with Gasteiger partial charge in [0, 0.05) is 30.5 Å². The van der Waals surface area contributed by atoms with E-state index in [0.29, 0.717) is 11.4 Å². The molecule has 5 nitrogen and oxygen atoms in total. The number of nitrogens with zero attached hydrogens (tertiary/aromatic N) is 2. The fourth-order valence-corrected chi connectivity index (χ4v) is 3.30.